The number of likely N-dealkylation sites (tertiary alicyclic amines) is 1. The van der Waals surface area contributed by atoms with Crippen LogP contribution in [0.2, 0.25) is 0 Å². The summed E-state index contributed by atoms with van der Waals surface area (Å²) in [5, 5.41) is 18.9. The van der Waals surface area contributed by atoms with Crippen LogP contribution in [0.25, 0.3) is 0 Å². The topological polar surface area (TPSA) is 80.8 Å². The number of hydrogen-bond donors (Lipinski definition) is 0. The van der Waals surface area contributed by atoms with Gasteiger partial charge in [-0.15, -0.1) is 11.8 Å². The Morgan fingerprint density at radius 2 is 2.32 bits per heavy atom. The second kappa shape index (κ2) is 5.30. The van der Waals surface area contributed by atoms with Crippen molar-refractivity contribution in [3.63, 3.8) is 0 Å². The van der Waals surface area contributed by atoms with E-state index in [4.69, 9.17) is 0 Å². The maximum Gasteiger partial charge on any atom is 0.243 e. The molecule has 2 aliphatic heterocycles. The van der Waals surface area contributed by atoms with Gasteiger partial charge in [-0.2, -0.15) is 10.5 Å². The summed E-state index contributed by atoms with van der Waals surface area (Å²) < 4.78 is 0. The highest BCUT2D eigenvalue weighted by molar-refractivity contribution is 8.00. The molecule has 0 spiro atoms. The predicted molar refractivity (Wildman–Crippen MR) is 81.7 cm³/mol. The molecule has 6 heteroatoms. The number of rotatable bonds is 2. The number of thioether (sulfide) groups is 1. The summed E-state index contributed by atoms with van der Waals surface area (Å²) in [6.07, 6.45) is 4.69. The molecule has 1 aromatic rings. The summed E-state index contributed by atoms with van der Waals surface area (Å²) in [5.74, 6) is -0.110. The van der Waals surface area contributed by atoms with E-state index in [-0.39, 0.29) is 17.2 Å². The van der Waals surface area contributed by atoms with Gasteiger partial charge in [0.1, 0.15) is 11.5 Å². The van der Waals surface area contributed by atoms with E-state index < -0.39 is 5.41 Å². The van der Waals surface area contributed by atoms with Gasteiger partial charge in [0.2, 0.25) is 5.91 Å². The Hall–Kier alpha value is -2.05. The number of nitriles is 2. The van der Waals surface area contributed by atoms with Crippen molar-refractivity contribution in [3.05, 3.63) is 23.5 Å². The third kappa shape index (κ3) is 2.07. The van der Waals surface area contributed by atoms with E-state index in [0.717, 1.165) is 16.9 Å². The van der Waals surface area contributed by atoms with Crippen molar-refractivity contribution in [2.45, 2.75) is 42.9 Å². The van der Waals surface area contributed by atoms with Crippen molar-refractivity contribution in [1.29, 1.82) is 10.5 Å². The number of carbonyl (C=O) groups excluding carboxylic acids is 1. The lowest BCUT2D eigenvalue weighted by Gasteiger charge is -2.31. The van der Waals surface area contributed by atoms with Gasteiger partial charge in [-0.1, -0.05) is 6.92 Å². The molecule has 22 heavy (non-hydrogen) atoms. The molecular formula is C16H16N4OS. The number of hydrogen-bond acceptors (Lipinski definition) is 5. The molecule has 1 fully saturated rings. The van der Waals surface area contributed by atoms with Crippen LogP contribution in [0.1, 0.15) is 43.9 Å². The van der Waals surface area contributed by atoms with Crippen LogP contribution in [0.5, 0.6) is 0 Å². The fraction of sp³-hybridized carbons (Fsp3) is 0.500. The zero-order valence-electron chi connectivity index (χ0n) is 12.5. The third-order valence-electron chi connectivity index (χ3n) is 4.64. The molecule has 1 aromatic heterocycles. The molecule has 1 saturated heterocycles. The second-order valence-corrected chi connectivity index (χ2v) is 7.27. The van der Waals surface area contributed by atoms with Crippen LogP contribution in [0.3, 0.4) is 0 Å². The molecule has 0 aromatic carbocycles. The van der Waals surface area contributed by atoms with Gasteiger partial charge < -0.3 is 4.90 Å². The zero-order valence-corrected chi connectivity index (χ0v) is 13.4. The summed E-state index contributed by atoms with van der Waals surface area (Å²) in [6.45, 7) is 4.20. The Morgan fingerprint density at radius 3 is 2.95 bits per heavy atom. The highest BCUT2D eigenvalue weighted by Gasteiger charge is 2.47. The lowest BCUT2D eigenvalue weighted by atomic mass is 9.87. The first-order valence-electron chi connectivity index (χ1n) is 7.31. The van der Waals surface area contributed by atoms with E-state index in [1.807, 2.05) is 11.8 Å². The first-order valence-corrected chi connectivity index (χ1v) is 8.19. The van der Waals surface area contributed by atoms with Crippen molar-refractivity contribution >= 4 is 17.7 Å². The summed E-state index contributed by atoms with van der Waals surface area (Å²) in [6, 6.07) is 4.29. The first kappa shape index (κ1) is 14.9. The number of aromatic nitrogens is 1. The van der Waals surface area contributed by atoms with Gasteiger partial charge in [-0.25, -0.2) is 0 Å². The molecule has 3 rings (SSSR count). The smallest absolute Gasteiger partial charge is 0.243 e. The van der Waals surface area contributed by atoms with Gasteiger partial charge in [0.05, 0.1) is 17.7 Å². The van der Waals surface area contributed by atoms with Gasteiger partial charge in [-0.3, -0.25) is 9.78 Å². The quantitative estimate of drug-likeness (QED) is 0.838. The van der Waals surface area contributed by atoms with Crippen LogP contribution < -0.4 is 0 Å². The first-order chi connectivity index (χ1) is 10.5. The Morgan fingerprint density at radius 1 is 1.55 bits per heavy atom. The molecule has 2 bridgehead atoms. The Labute approximate surface area is 133 Å². The Bertz CT molecular complexity index is 720. The standard InChI is InChI=1S/C16H16N4OS/c1-3-16(2,9-18)15(21)20-8-11-4-13(20)12-7-19-6-10(5-17)14(12)22-11/h6-7,11,13H,3-4,8H2,1-2H3/t11-,13-,16+/m0/s1. The predicted octanol–water partition coefficient (Wildman–Crippen LogP) is 2.64. The minimum atomic E-state index is -0.984. The Balaban J connectivity index is 2.01. The molecule has 2 aliphatic rings. The van der Waals surface area contributed by atoms with Crippen LogP contribution in [-0.4, -0.2) is 27.6 Å². The molecule has 112 valence electrons. The lowest BCUT2D eigenvalue weighted by molar-refractivity contribution is -0.139. The molecule has 0 N–H and O–H groups in total. The fourth-order valence-corrected chi connectivity index (χ4v) is 4.47. The summed E-state index contributed by atoms with van der Waals surface area (Å²) in [7, 11) is 0. The number of fused-ring (bicyclic) bond motifs is 4. The van der Waals surface area contributed by atoms with Crippen LogP contribution in [0, 0.1) is 28.1 Å². The molecule has 5 nitrogen and oxygen atoms in total. The molecule has 3 atom stereocenters. The monoisotopic (exact) mass is 312 g/mol. The fourth-order valence-electron chi connectivity index (χ4n) is 3.08. The minimum absolute atomic E-state index is 0.0613. The van der Waals surface area contributed by atoms with Gasteiger partial charge in [0, 0.05) is 34.6 Å². The molecule has 0 aliphatic carbocycles. The largest absolute Gasteiger partial charge is 0.333 e. The normalized spacial score (nSPS) is 24.8. The Kier molecular flexibility index (Phi) is 3.58. The van der Waals surface area contributed by atoms with Crippen LogP contribution in [0.15, 0.2) is 17.3 Å². The maximum absolute atomic E-state index is 12.8. The SMILES string of the molecule is CC[C@](C)(C#N)C(=O)N1C[C@@H]2C[C@H]1c1cncc(C#N)c1S2. The number of amides is 1. The van der Waals surface area contributed by atoms with E-state index in [0.29, 0.717) is 18.5 Å². The van der Waals surface area contributed by atoms with Crippen molar-refractivity contribution in [2.24, 2.45) is 5.41 Å². The molecule has 0 radical (unpaired) electrons. The molecule has 3 heterocycles. The van der Waals surface area contributed by atoms with Gasteiger partial charge in [0.25, 0.3) is 0 Å². The molecule has 0 saturated carbocycles. The number of nitrogens with zero attached hydrogens (tertiary/aromatic N) is 4. The summed E-state index contributed by atoms with van der Waals surface area (Å²) in [5.41, 5.74) is 0.537. The van der Waals surface area contributed by atoms with Gasteiger partial charge in [0.15, 0.2) is 0 Å². The van der Waals surface area contributed by atoms with Crippen molar-refractivity contribution in [1.82, 2.24) is 9.88 Å². The van der Waals surface area contributed by atoms with Crippen LogP contribution in [0.4, 0.5) is 0 Å². The molecule has 0 unspecified atom stereocenters. The average molecular weight is 312 g/mol. The molecule has 1 amide bonds. The summed E-state index contributed by atoms with van der Waals surface area (Å²) >= 11 is 1.66. The third-order valence-corrected chi connectivity index (χ3v) is 6.00. The number of pyridine rings is 1. The van der Waals surface area contributed by atoms with E-state index in [1.165, 1.54) is 0 Å². The summed E-state index contributed by atoms with van der Waals surface area (Å²) in [4.78, 5) is 19.8. The van der Waals surface area contributed by atoms with Crippen molar-refractivity contribution in [2.75, 3.05) is 6.54 Å². The average Bonchev–Trinajstić information content (AvgIpc) is 2.90. The van der Waals surface area contributed by atoms with Gasteiger partial charge in [-0.05, 0) is 19.8 Å². The number of carbonyl (C=O) groups is 1. The maximum atomic E-state index is 12.8. The van der Waals surface area contributed by atoms with Crippen molar-refractivity contribution in [3.8, 4) is 12.1 Å². The van der Waals surface area contributed by atoms with Crippen LogP contribution >= 0.6 is 11.8 Å². The van der Waals surface area contributed by atoms with E-state index in [2.05, 4.69) is 17.1 Å². The van der Waals surface area contributed by atoms with E-state index in [9.17, 15) is 15.3 Å². The van der Waals surface area contributed by atoms with Crippen molar-refractivity contribution < 1.29 is 4.79 Å². The van der Waals surface area contributed by atoms with Crippen LogP contribution in [-0.2, 0) is 4.79 Å². The highest BCUT2D eigenvalue weighted by Crippen LogP contribution is 2.50. The lowest BCUT2D eigenvalue weighted by Crippen LogP contribution is -2.41. The minimum Gasteiger partial charge on any atom is -0.333 e. The highest BCUT2D eigenvalue weighted by atomic mass is 32.2. The van der Waals surface area contributed by atoms with E-state index >= 15 is 0 Å². The second-order valence-electron chi connectivity index (χ2n) is 5.96. The zero-order chi connectivity index (χ0) is 15.9. The molecular weight excluding hydrogens is 296 g/mol. The van der Waals surface area contributed by atoms with E-state index in [1.54, 1.807) is 31.1 Å². The van der Waals surface area contributed by atoms with Gasteiger partial charge >= 0.3 is 0 Å².